The molecular weight excluding hydrogens is 817 g/mol. The van der Waals surface area contributed by atoms with E-state index in [0.29, 0.717) is 0 Å². The second kappa shape index (κ2) is 18.0. The lowest BCUT2D eigenvalue weighted by Gasteiger charge is -2.35. The average Bonchev–Trinajstić information content (AvgIpc) is 3.72. The molecule has 324 valence electrons. The smallest absolute Gasteiger partial charge is 0.0713 e. The van der Waals surface area contributed by atoms with Gasteiger partial charge in [-0.1, -0.05) is 255 Å². The van der Waals surface area contributed by atoms with Gasteiger partial charge in [-0.05, 0) is 137 Å². The summed E-state index contributed by atoms with van der Waals surface area (Å²) in [5, 5.41) is 0. The lowest BCUT2D eigenvalue weighted by molar-refractivity contribution is 0.765. The van der Waals surface area contributed by atoms with Crippen LogP contribution in [0.2, 0.25) is 0 Å². The molecule has 0 aliphatic heterocycles. The number of hydrogen-bond donors (Lipinski definition) is 0. The maximum absolute atomic E-state index is 2.56. The van der Waals surface area contributed by atoms with E-state index in [1.807, 2.05) is 0 Å². The summed E-state index contributed by atoms with van der Waals surface area (Å²) in [6.45, 7) is 0. The fourth-order valence-corrected chi connectivity index (χ4v) is 11.2. The average molecular weight is 869 g/mol. The molecule has 68 heavy (non-hydrogen) atoms. The highest BCUT2D eigenvalue weighted by Crippen LogP contribution is 2.57. The van der Waals surface area contributed by atoms with E-state index in [1.54, 1.807) is 0 Å². The second-order valence-corrected chi connectivity index (χ2v) is 18.5. The van der Waals surface area contributed by atoms with Crippen LogP contribution >= 0.6 is 0 Å². The van der Waals surface area contributed by atoms with E-state index in [9.17, 15) is 0 Å². The third-order valence-corrected chi connectivity index (χ3v) is 14.6. The SMILES string of the molecule is C1=CC(c2ccc(-c3ccc(C(c4ccc(-c5ccccc5)cc4)c4ccc5c(c4)C(c4ccccc4)(c4ccc(-c6ccccc6)cc4)c4cc(C6=CCCC=C6)ccc4-5)cc3)cc2)=CCC1. The molecule has 2 atom stereocenters. The topological polar surface area (TPSA) is 0 Å². The molecule has 0 bridgehead atoms. The Bertz CT molecular complexity index is 3370. The summed E-state index contributed by atoms with van der Waals surface area (Å²) in [6.07, 6.45) is 18.3. The first-order valence-electron chi connectivity index (χ1n) is 24.3. The van der Waals surface area contributed by atoms with Crippen LogP contribution in [-0.2, 0) is 5.41 Å². The van der Waals surface area contributed by atoms with Crippen LogP contribution in [-0.4, -0.2) is 0 Å². The van der Waals surface area contributed by atoms with Gasteiger partial charge in [0.05, 0.1) is 5.41 Å². The first-order valence-corrected chi connectivity index (χ1v) is 24.3. The maximum atomic E-state index is 2.56. The molecular formula is C68H52. The Balaban J connectivity index is 1.03. The van der Waals surface area contributed by atoms with Gasteiger partial charge in [-0.15, -0.1) is 0 Å². The monoisotopic (exact) mass is 868 g/mol. The zero-order chi connectivity index (χ0) is 45.3. The van der Waals surface area contributed by atoms with Crippen LogP contribution in [0.25, 0.3) is 55.7 Å². The molecule has 3 aliphatic carbocycles. The van der Waals surface area contributed by atoms with Crippen molar-refractivity contribution in [1.82, 2.24) is 0 Å². The van der Waals surface area contributed by atoms with Crippen LogP contribution in [0.3, 0.4) is 0 Å². The Kier molecular flexibility index (Phi) is 10.9. The molecule has 0 saturated carbocycles. The summed E-state index contributed by atoms with van der Waals surface area (Å²) < 4.78 is 0. The summed E-state index contributed by atoms with van der Waals surface area (Å²) in [5.74, 6) is -0.0164. The minimum absolute atomic E-state index is 0.0164. The Morgan fingerprint density at radius 1 is 0.294 bits per heavy atom. The minimum atomic E-state index is -0.576. The molecule has 9 aromatic carbocycles. The van der Waals surface area contributed by atoms with E-state index < -0.39 is 5.41 Å². The quantitative estimate of drug-likeness (QED) is 0.120. The van der Waals surface area contributed by atoms with Crippen molar-refractivity contribution in [2.75, 3.05) is 0 Å². The zero-order valence-corrected chi connectivity index (χ0v) is 38.2. The van der Waals surface area contributed by atoms with E-state index in [4.69, 9.17) is 0 Å². The van der Waals surface area contributed by atoms with Crippen LogP contribution in [0.1, 0.15) is 81.7 Å². The number of hydrogen-bond acceptors (Lipinski definition) is 0. The highest BCUT2D eigenvalue weighted by atomic mass is 14.5. The van der Waals surface area contributed by atoms with Crippen LogP contribution in [0.5, 0.6) is 0 Å². The van der Waals surface area contributed by atoms with Crippen LogP contribution in [0.4, 0.5) is 0 Å². The van der Waals surface area contributed by atoms with E-state index in [-0.39, 0.29) is 5.92 Å². The summed E-state index contributed by atoms with van der Waals surface area (Å²) in [6, 6.07) is 84.5. The first kappa shape index (κ1) is 41.4. The Morgan fingerprint density at radius 2 is 0.676 bits per heavy atom. The van der Waals surface area contributed by atoms with E-state index >= 15 is 0 Å². The molecule has 0 N–H and O–H groups in total. The highest BCUT2D eigenvalue weighted by Gasteiger charge is 2.47. The van der Waals surface area contributed by atoms with Crippen molar-refractivity contribution < 1.29 is 0 Å². The summed E-state index contributed by atoms with van der Waals surface area (Å²) in [7, 11) is 0. The number of benzene rings is 9. The lowest BCUT2D eigenvalue weighted by Crippen LogP contribution is -2.29. The highest BCUT2D eigenvalue weighted by molar-refractivity contribution is 5.89. The largest absolute Gasteiger partial charge is 0.0836 e. The van der Waals surface area contributed by atoms with Crippen LogP contribution in [0.15, 0.2) is 261 Å². The normalized spacial score (nSPS) is 16.4. The predicted octanol–water partition coefficient (Wildman–Crippen LogP) is 17.7. The molecule has 3 aliphatic rings. The third-order valence-electron chi connectivity index (χ3n) is 14.6. The molecule has 0 heteroatoms. The molecule has 0 nitrogen and oxygen atoms in total. The van der Waals surface area contributed by atoms with Gasteiger partial charge in [0.1, 0.15) is 0 Å². The zero-order valence-electron chi connectivity index (χ0n) is 38.2. The van der Waals surface area contributed by atoms with Crippen molar-refractivity contribution in [2.45, 2.75) is 37.0 Å². The van der Waals surface area contributed by atoms with Gasteiger partial charge < -0.3 is 0 Å². The molecule has 0 amide bonds. The van der Waals surface area contributed by atoms with E-state index in [0.717, 1.165) is 25.7 Å². The van der Waals surface area contributed by atoms with Crippen molar-refractivity contribution >= 4 is 11.1 Å². The van der Waals surface area contributed by atoms with Gasteiger partial charge in [-0.2, -0.15) is 0 Å². The maximum Gasteiger partial charge on any atom is 0.0713 e. The van der Waals surface area contributed by atoms with Gasteiger partial charge in [-0.3, -0.25) is 0 Å². The third kappa shape index (κ3) is 7.53. The van der Waals surface area contributed by atoms with Crippen molar-refractivity contribution in [2.24, 2.45) is 0 Å². The van der Waals surface area contributed by atoms with Gasteiger partial charge in [-0.25, -0.2) is 0 Å². The molecule has 0 aromatic heterocycles. The molecule has 2 unspecified atom stereocenters. The van der Waals surface area contributed by atoms with Crippen molar-refractivity contribution in [3.8, 4) is 44.5 Å². The standard InChI is InChI=1S/C68H52/c1-6-16-48(17-7-1)52-26-28-54(29-27-52)55-32-36-58(37-33-55)67(57-34-30-53(31-35-57)49-18-8-2-9-19-49)60-41-45-64-63-44-40-59(51-22-12-4-13-23-51)46-65(63)68(66(64)47-60,61-24-14-5-15-25-61)62-42-38-56(39-43-62)50-20-10-3-11-21-50/h2-3,5-6,8-12,14-47,67H,1,4,7,13H2. The molecule has 0 spiro atoms. The molecule has 0 heterocycles. The summed E-state index contributed by atoms with van der Waals surface area (Å²) >= 11 is 0. The molecule has 0 fully saturated rings. The first-order chi connectivity index (χ1) is 33.7. The Labute approximate surface area is 401 Å². The van der Waals surface area contributed by atoms with Gasteiger partial charge in [0.2, 0.25) is 0 Å². The van der Waals surface area contributed by atoms with E-state index in [1.165, 1.54) is 106 Å². The van der Waals surface area contributed by atoms with Crippen molar-refractivity contribution in [3.63, 3.8) is 0 Å². The summed E-state index contributed by atoms with van der Waals surface area (Å²) in [4.78, 5) is 0. The van der Waals surface area contributed by atoms with Crippen molar-refractivity contribution in [1.29, 1.82) is 0 Å². The molecule has 12 rings (SSSR count). The fourth-order valence-electron chi connectivity index (χ4n) is 11.2. The predicted molar refractivity (Wildman–Crippen MR) is 287 cm³/mol. The number of rotatable bonds is 10. The molecule has 0 saturated heterocycles. The molecule has 9 aromatic rings. The number of allylic oxidation sites excluding steroid dienone is 8. The Hall–Kier alpha value is -8.06. The van der Waals surface area contributed by atoms with Crippen LogP contribution in [0, 0.1) is 0 Å². The summed E-state index contributed by atoms with van der Waals surface area (Å²) in [5.41, 5.74) is 23.5. The fraction of sp³-hybridized carbons (Fsp3) is 0.0882. The van der Waals surface area contributed by atoms with Gasteiger partial charge in [0.15, 0.2) is 0 Å². The minimum Gasteiger partial charge on any atom is -0.0836 e. The van der Waals surface area contributed by atoms with Gasteiger partial charge >= 0.3 is 0 Å². The van der Waals surface area contributed by atoms with Gasteiger partial charge in [0, 0.05) is 5.92 Å². The van der Waals surface area contributed by atoms with Gasteiger partial charge in [0.25, 0.3) is 0 Å². The second-order valence-electron chi connectivity index (χ2n) is 18.5. The van der Waals surface area contributed by atoms with E-state index in [2.05, 4.69) is 261 Å². The lowest BCUT2D eigenvalue weighted by atomic mass is 9.66. The molecule has 0 radical (unpaired) electrons. The Morgan fingerprint density at radius 3 is 1.19 bits per heavy atom. The van der Waals surface area contributed by atoms with Crippen LogP contribution < -0.4 is 0 Å². The number of fused-ring (bicyclic) bond motifs is 3. The van der Waals surface area contributed by atoms with Crippen molar-refractivity contribution in [3.05, 3.63) is 311 Å².